The van der Waals surface area contributed by atoms with E-state index in [9.17, 15) is 19.1 Å². The summed E-state index contributed by atoms with van der Waals surface area (Å²) in [4.78, 5) is 23.3. The molecule has 0 fully saturated rings. The smallest absolute Gasteiger partial charge is 0.335 e. The molecule has 0 aliphatic heterocycles. The molecule has 0 saturated heterocycles. The average molecular weight is 466 g/mol. The van der Waals surface area contributed by atoms with Gasteiger partial charge in [0.05, 0.1) is 16.5 Å². The monoisotopic (exact) mass is 466 g/mol. The fourth-order valence-electron chi connectivity index (χ4n) is 3.58. The maximum atomic E-state index is 15.8. The van der Waals surface area contributed by atoms with Crippen LogP contribution >= 0.6 is 0 Å². The molecule has 34 heavy (non-hydrogen) atoms. The molecule has 0 atom stereocenters. The second kappa shape index (κ2) is 10.7. The molecule has 8 heteroatoms. The van der Waals surface area contributed by atoms with Gasteiger partial charge in [0.25, 0.3) is 0 Å². The van der Waals surface area contributed by atoms with Gasteiger partial charge in [0, 0.05) is 29.4 Å². The molecule has 176 valence electrons. The molecular formula is C26H24F2N2O4. The first-order valence-electron chi connectivity index (χ1n) is 10.5. The lowest BCUT2D eigenvalue weighted by Gasteiger charge is -2.13. The molecule has 4 aromatic rings. The van der Waals surface area contributed by atoms with Crippen LogP contribution in [0, 0.1) is 11.6 Å². The lowest BCUT2D eigenvalue weighted by molar-refractivity contribution is 0.0696. The summed E-state index contributed by atoms with van der Waals surface area (Å²) in [5.74, 6) is -2.17. The van der Waals surface area contributed by atoms with Gasteiger partial charge in [-0.2, -0.15) is 0 Å². The number of rotatable bonds is 6. The molecule has 0 saturated carbocycles. The van der Waals surface area contributed by atoms with Crippen LogP contribution in [0.15, 0.2) is 59.0 Å². The predicted molar refractivity (Wildman–Crippen MR) is 128 cm³/mol. The standard InChI is InChI=1S/C24H17F2NO4.C2H7N/c1-2-27-18-11-19-21(17(12-28)23(31-19)13-6-8-16(25)9-7-13)22(26)20(18)14-4-3-5-15(10-14)24(29)30;1-3-2/h3-12,27H,2H2,1H3,(H,29,30);3H,1-2H3. The normalized spacial score (nSPS) is 10.5. The molecule has 0 spiro atoms. The van der Waals surface area contributed by atoms with Gasteiger partial charge in [0.2, 0.25) is 0 Å². The Morgan fingerprint density at radius 2 is 1.74 bits per heavy atom. The Labute approximate surface area is 195 Å². The predicted octanol–water partition coefficient (Wildman–Crippen LogP) is 5.82. The summed E-state index contributed by atoms with van der Waals surface area (Å²) < 4.78 is 35.0. The van der Waals surface area contributed by atoms with Crippen LogP contribution in [0.4, 0.5) is 14.5 Å². The lowest BCUT2D eigenvalue weighted by atomic mass is 9.97. The first-order chi connectivity index (χ1) is 16.4. The first-order valence-corrected chi connectivity index (χ1v) is 10.5. The third-order valence-electron chi connectivity index (χ3n) is 4.95. The van der Waals surface area contributed by atoms with Gasteiger partial charge in [-0.15, -0.1) is 0 Å². The fourth-order valence-corrected chi connectivity index (χ4v) is 3.58. The number of carbonyl (C=O) groups is 2. The van der Waals surface area contributed by atoms with Crippen LogP contribution in [-0.4, -0.2) is 38.0 Å². The molecule has 0 amide bonds. The highest BCUT2D eigenvalue weighted by molar-refractivity contribution is 6.06. The second-order valence-electron chi connectivity index (χ2n) is 7.37. The van der Waals surface area contributed by atoms with Crippen molar-refractivity contribution in [3.8, 4) is 22.5 Å². The van der Waals surface area contributed by atoms with Crippen LogP contribution in [0.1, 0.15) is 27.6 Å². The zero-order valence-corrected chi connectivity index (χ0v) is 18.9. The molecule has 1 aromatic heterocycles. The summed E-state index contributed by atoms with van der Waals surface area (Å²) in [5, 5.41) is 15.1. The van der Waals surface area contributed by atoms with Crippen molar-refractivity contribution in [2.75, 3.05) is 26.0 Å². The van der Waals surface area contributed by atoms with Crippen molar-refractivity contribution in [2.45, 2.75) is 6.92 Å². The van der Waals surface area contributed by atoms with Crippen LogP contribution in [-0.2, 0) is 0 Å². The summed E-state index contributed by atoms with van der Waals surface area (Å²) >= 11 is 0. The lowest BCUT2D eigenvalue weighted by Crippen LogP contribution is -2.02. The van der Waals surface area contributed by atoms with E-state index in [0.717, 1.165) is 0 Å². The number of furan rings is 1. The fraction of sp³-hybridized carbons (Fsp3) is 0.154. The number of aromatic carboxylic acids is 1. The highest BCUT2D eigenvalue weighted by atomic mass is 19.1. The summed E-state index contributed by atoms with van der Waals surface area (Å²) in [7, 11) is 3.75. The summed E-state index contributed by atoms with van der Waals surface area (Å²) in [6.45, 7) is 2.31. The van der Waals surface area contributed by atoms with Gasteiger partial charge in [-0.3, -0.25) is 4.79 Å². The van der Waals surface area contributed by atoms with Gasteiger partial charge >= 0.3 is 5.97 Å². The minimum atomic E-state index is -1.14. The average Bonchev–Trinajstić information content (AvgIpc) is 3.19. The van der Waals surface area contributed by atoms with Gasteiger partial charge in [-0.1, -0.05) is 12.1 Å². The molecule has 4 rings (SSSR count). The number of fused-ring (bicyclic) bond motifs is 1. The second-order valence-corrected chi connectivity index (χ2v) is 7.37. The van der Waals surface area contributed by atoms with E-state index in [1.807, 2.05) is 21.0 Å². The molecule has 0 unspecified atom stereocenters. The van der Waals surface area contributed by atoms with Gasteiger partial charge in [-0.05, 0) is 63.0 Å². The van der Waals surface area contributed by atoms with Crippen LogP contribution in [0.5, 0.6) is 0 Å². The van der Waals surface area contributed by atoms with Crippen LogP contribution < -0.4 is 10.6 Å². The first kappa shape index (κ1) is 24.6. The minimum Gasteiger partial charge on any atom is -0.478 e. The van der Waals surface area contributed by atoms with Crippen molar-refractivity contribution < 1.29 is 27.9 Å². The maximum absolute atomic E-state index is 15.8. The molecule has 3 N–H and O–H groups in total. The van der Waals surface area contributed by atoms with E-state index < -0.39 is 17.6 Å². The molecular weight excluding hydrogens is 442 g/mol. The summed E-state index contributed by atoms with van der Waals surface area (Å²) in [6, 6.07) is 12.8. The van der Waals surface area contributed by atoms with E-state index in [0.29, 0.717) is 29.6 Å². The third-order valence-corrected chi connectivity index (χ3v) is 4.95. The topological polar surface area (TPSA) is 91.6 Å². The largest absolute Gasteiger partial charge is 0.478 e. The Kier molecular flexibility index (Phi) is 7.75. The minimum absolute atomic E-state index is 0.00204. The molecule has 0 radical (unpaired) electrons. The van der Waals surface area contributed by atoms with E-state index >= 15 is 4.39 Å². The number of carboxylic acid groups (broad SMARTS) is 1. The zero-order valence-electron chi connectivity index (χ0n) is 18.9. The van der Waals surface area contributed by atoms with Crippen LogP contribution in [0.25, 0.3) is 33.4 Å². The third kappa shape index (κ3) is 4.82. The molecule has 0 aliphatic carbocycles. The zero-order chi connectivity index (χ0) is 24.8. The Morgan fingerprint density at radius 3 is 2.32 bits per heavy atom. The molecule has 1 heterocycles. The quantitative estimate of drug-likeness (QED) is 0.310. The number of nitrogens with one attached hydrogen (secondary N) is 2. The highest BCUT2D eigenvalue weighted by Crippen LogP contribution is 2.41. The van der Waals surface area contributed by atoms with Crippen LogP contribution in [0.3, 0.4) is 0 Å². The number of carbonyl (C=O) groups excluding carboxylic acids is 1. The van der Waals surface area contributed by atoms with Gasteiger partial charge < -0.3 is 20.2 Å². The number of hydrogen-bond acceptors (Lipinski definition) is 5. The van der Waals surface area contributed by atoms with Crippen molar-refractivity contribution in [1.29, 1.82) is 0 Å². The van der Waals surface area contributed by atoms with E-state index in [4.69, 9.17) is 4.42 Å². The van der Waals surface area contributed by atoms with Crippen LogP contribution in [0.2, 0.25) is 0 Å². The van der Waals surface area contributed by atoms with E-state index in [2.05, 4.69) is 10.6 Å². The number of hydrogen-bond donors (Lipinski definition) is 3. The number of anilines is 1. The number of aldehydes is 1. The Balaban J connectivity index is 0.00000103. The highest BCUT2D eigenvalue weighted by Gasteiger charge is 2.24. The van der Waals surface area contributed by atoms with E-state index in [1.54, 1.807) is 12.1 Å². The summed E-state index contributed by atoms with van der Waals surface area (Å²) in [5.41, 5.74) is 1.45. The van der Waals surface area contributed by atoms with Gasteiger partial charge in [0.1, 0.15) is 23.0 Å². The van der Waals surface area contributed by atoms with Crippen molar-refractivity contribution in [3.63, 3.8) is 0 Å². The van der Waals surface area contributed by atoms with Crippen molar-refractivity contribution in [1.82, 2.24) is 5.32 Å². The Morgan fingerprint density at radius 1 is 1.06 bits per heavy atom. The number of halogens is 2. The van der Waals surface area contributed by atoms with E-state index in [-0.39, 0.29) is 33.4 Å². The molecule has 3 aromatic carbocycles. The SMILES string of the molecule is CCNc1cc2oc(-c3ccc(F)cc3)c(C=O)c2c(F)c1-c1cccc(C(=O)O)c1.CNC. The van der Waals surface area contributed by atoms with Crippen molar-refractivity contribution in [3.05, 3.63) is 77.4 Å². The number of benzene rings is 3. The van der Waals surface area contributed by atoms with Gasteiger partial charge in [0.15, 0.2) is 6.29 Å². The van der Waals surface area contributed by atoms with Crippen molar-refractivity contribution >= 4 is 28.9 Å². The number of carboxylic acids is 1. The Bertz CT molecular complexity index is 1330. The summed E-state index contributed by atoms with van der Waals surface area (Å²) in [6.07, 6.45) is 0.498. The van der Waals surface area contributed by atoms with E-state index in [1.165, 1.54) is 42.5 Å². The molecule has 6 nitrogen and oxygen atoms in total. The Hall–Kier alpha value is -4.04. The molecule has 0 aliphatic rings. The van der Waals surface area contributed by atoms with Crippen molar-refractivity contribution in [2.24, 2.45) is 0 Å². The molecule has 0 bridgehead atoms. The maximum Gasteiger partial charge on any atom is 0.335 e. The van der Waals surface area contributed by atoms with Gasteiger partial charge in [-0.25, -0.2) is 13.6 Å².